The van der Waals surface area contributed by atoms with Crippen molar-refractivity contribution in [2.75, 3.05) is 26.3 Å². The smallest absolute Gasteiger partial charge is 0.262 e. The maximum absolute atomic E-state index is 12.7. The number of halogens is 1. The molecule has 0 saturated carbocycles. The van der Waals surface area contributed by atoms with Gasteiger partial charge in [-0.15, -0.1) is 11.3 Å². The van der Waals surface area contributed by atoms with Gasteiger partial charge < -0.3 is 4.74 Å². The predicted molar refractivity (Wildman–Crippen MR) is 79.0 cm³/mol. The van der Waals surface area contributed by atoms with Crippen LogP contribution in [-0.4, -0.2) is 48.4 Å². The first kappa shape index (κ1) is 15.7. The quantitative estimate of drug-likeness (QED) is 0.726. The van der Waals surface area contributed by atoms with E-state index in [2.05, 4.69) is 4.98 Å². The molecule has 20 heavy (non-hydrogen) atoms. The predicted octanol–water partition coefficient (Wildman–Crippen LogP) is 2.10. The molecule has 0 aliphatic heterocycles. The zero-order chi connectivity index (χ0) is 14.8. The summed E-state index contributed by atoms with van der Waals surface area (Å²) in [6.07, 6.45) is 1.65. The number of likely N-dealkylation sites (N-methyl/N-ethyl adjacent to an activating group) is 1. The molecule has 9 heteroatoms. The van der Waals surface area contributed by atoms with Crippen LogP contribution in [0.4, 0.5) is 0 Å². The summed E-state index contributed by atoms with van der Waals surface area (Å²) in [5, 5.41) is 1.80. The van der Waals surface area contributed by atoms with Crippen LogP contribution >= 0.6 is 22.9 Å². The Hall–Kier alpha value is -0.670. The van der Waals surface area contributed by atoms with E-state index in [1.54, 1.807) is 18.5 Å². The second-order valence-electron chi connectivity index (χ2n) is 3.96. The molecule has 6 nitrogen and oxygen atoms in total. The second kappa shape index (κ2) is 6.40. The van der Waals surface area contributed by atoms with E-state index in [1.165, 1.54) is 20.0 Å². The van der Waals surface area contributed by atoms with Crippen molar-refractivity contribution in [1.29, 1.82) is 0 Å². The number of aromatic nitrogens is 2. The molecule has 0 aliphatic rings. The maximum atomic E-state index is 12.7. The number of thiazole rings is 1. The van der Waals surface area contributed by atoms with E-state index in [1.807, 2.05) is 6.92 Å². The Kier molecular flexibility index (Phi) is 5.03. The van der Waals surface area contributed by atoms with Crippen molar-refractivity contribution in [3.05, 3.63) is 16.7 Å². The number of rotatable bonds is 7. The SMILES string of the molecule is CCOCCN(CC)S(=O)(=O)c1c(Cl)nc2sccn12. The molecule has 0 saturated heterocycles. The average Bonchev–Trinajstić information content (AvgIpc) is 2.93. The third kappa shape index (κ3) is 2.84. The Labute approximate surface area is 127 Å². The van der Waals surface area contributed by atoms with E-state index in [9.17, 15) is 8.42 Å². The second-order valence-corrected chi connectivity index (χ2v) is 7.04. The third-order valence-corrected chi connectivity index (χ3v) is 5.94. The first-order chi connectivity index (χ1) is 9.52. The van der Waals surface area contributed by atoms with Crippen LogP contribution in [0.25, 0.3) is 4.96 Å². The highest BCUT2D eigenvalue weighted by atomic mass is 35.5. The van der Waals surface area contributed by atoms with E-state index in [4.69, 9.17) is 16.3 Å². The average molecular weight is 338 g/mol. The van der Waals surface area contributed by atoms with Gasteiger partial charge in [0.25, 0.3) is 10.0 Å². The first-order valence-corrected chi connectivity index (χ1v) is 8.91. The zero-order valence-corrected chi connectivity index (χ0v) is 13.6. The van der Waals surface area contributed by atoms with Gasteiger partial charge in [0.1, 0.15) is 0 Å². The van der Waals surface area contributed by atoms with Gasteiger partial charge in [0.2, 0.25) is 0 Å². The van der Waals surface area contributed by atoms with E-state index < -0.39 is 10.0 Å². The summed E-state index contributed by atoms with van der Waals surface area (Å²) >= 11 is 7.33. The lowest BCUT2D eigenvalue weighted by molar-refractivity contribution is 0.135. The van der Waals surface area contributed by atoms with Gasteiger partial charge in [-0.05, 0) is 6.92 Å². The lowest BCUT2D eigenvalue weighted by Gasteiger charge is -2.19. The summed E-state index contributed by atoms with van der Waals surface area (Å²) in [4.78, 5) is 4.63. The highest BCUT2D eigenvalue weighted by molar-refractivity contribution is 7.89. The van der Waals surface area contributed by atoms with Gasteiger partial charge in [0.05, 0.1) is 6.61 Å². The Morgan fingerprint density at radius 3 is 2.90 bits per heavy atom. The summed E-state index contributed by atoms with van der Waals surface area (Å²) in [5.74, 6) is 0. The largest absolute Gasteiger partial charge is 0.380 e. The van der Waals surface area contributed by atoms with Gasteiger partial charge in [0, 0.05) is 31.3 Å². The van der Waals surface area contributed by atoms with Crippen LogP contribution in [0.15, 0.2) is 16.6 Å². The van der Waals surface area contributed by atoms with Crippen molar-refractivity contribution >= 4 is 37.9 Å². The van der Waals surface area contributed by atoms with Crippen molar-refractivity contribution < 1.29 is 13.2 Å². The molecule has 0 fully saturated rings. The van der Waals surface area contributed by atoms with E-state index in [0.29, 0.717) is 31.3 Å². The molecule has 0 atom stereocenters. The van der Waals surface area contributed by atoms with Gasteiger partial charge >= 0.3 is 0 Å². The zero-order valence-electron chi connectivity index (χ0n) is 11.2. The van der Waals surface area contributed by atoms with Crippen LogP contribution in [0, 0.1) is 0 Å². The third-order valence-electron chi connectivity index (χ3n) is 2.80. The molecule has 112 valence electrons. The number of ether oxygens (including phenoxy) is 1. The molecule has 2 aromatic rings. The minimum Gasteiger partial charge on any atom is -0.380 e. The van der Waals surface area contributed by atoms with E-state index in [0.717, 1.165) is 0 Å². The van der Waals surface area contributed by atoms with Crippen LogP contribution < -0.4 is 0 Å². The summed E-state index contributed by atoms with van der Waals surface area (Å²) < 4.78 is 33.4. The fraction of sp³-hybridized carbons (Fsp3) is 0.545. The fourth-order valence-corrected chi connectivity index (χ4v) is 4.69. The molecule has 2 rings (SSSR count). The Morgan fingerprint density at radius 1 is 1.50 bits per heavy atom. The summed E-state index contributed by atoms with van der Waals surface area (Å²) in [7, 11) is -3.69. The monoisotopic (exact) mass is 337 g/mol. The van der Waals surface area contributed by atoms with Crippen molar-refractivity contribution in [3.8, 4) is 0 Å². The lowest BCUT2D eigenvalue weighted by Crippen LogP contribution is -2.34. The molecule has 0 spiro atoms. The Morgan fingerprint density at radius 2 is 2.25 bits per heavy atom. The van der Waals surface area contributed by atoms with Crippen molar-refractivity contribution in [1.82, 2.24) is 13.7 Å². The van der Waals surface area contributed by atoms with Crippen LogP contribution in [0.1, 0.15) is 13.8 Å². The van der Waals surface area contributed by atoms with Gasteiger partial charge in [-0.25, -0.2) is 13.4 Å². The summed E-state index contributed by atoms with van der Waals surface area (Å²) in [6.45, 7) is 5.20. The van der Waals surface area contributed by atoms with Crippen molar-refractivity contribution in [2.24, 2.45) is 0 Å². The molecule has 0 radical (unpaired) electrons. The van der Waals surface area contributed by atoms with Gasteiger partial charge in [-0.3, -0.25) is 4.40 Å². The summed E-state index contributed by atoms with van der Waals surface area (Å²) in [6, 6.07) is 0. The van der Waals surface area contributed by atoms with Crippen LogP contribution in [0.2, 0.25) is 5.15 Å². The first-order valence-electron chi connectivity index (χ1n) is 6.21. The molecule has 2 heterocycles. The maximum Gasteiger partial charge on any atom is 0.262 e. The topological polar surface area (TPSA) is 63.9 Å². The number of fused-ring (bicyclic) bond motifs is 1. The Balaban J connectivity index is 2.37. The Bertz CT molecular complexity index is 680. The van der Waals surface area contributed by atoms with Crippen molar-refractivity contribution in [2.45, 2.75) is 18.9 Å². The molecular formula is C11H16ClN3O3S2. The van der Waals surface area contributed by atoms with Crippen LogP contribution in [0.3, 0.4) is 0 Å². The minimum atomic E-state index is -3.69. The molecule has 0 unspecified atom stereocenters. The van der Waals surface area contributed by atoms with Gasteiger partial charge in [0.15, 0.2) is 15.1 Å². The molecule has 0 aliphatic carbocycles. The number of hydrogen-bond donors (Lipinski definition) is 0. The molecule has 0 N–H and O–H groups in total. The molecule has 0 amide bonds. The fourth-order valence-electron chi connectivity index (χ4n) is 1.85. The molecule has 2 aromatic heterocycles. The number of hydrogen-bond acceptors (Lipinski definition) is 5. The minimum absolute atomic E-state index is 0.00621. The molecule has 0 bridgehead atoms. The van der Waals surface area contributed by atoms with Gasteiger partial charge in [-0.1, -0.05) is 18.5 Å². The normalized spacial score (nSPS) is 12.6. The van der Waals surface area contributed by atoms with Crippen LogP contribution in [-0.2, 0) is 14.8 Å². The molecular weight excluding hydrogens is 322 g/mol. The highest BCUT2D eigenvalue weighted by Gasteiger charge is 2.30. The highest BCUT2D eigenvalue weighted by Crippen LogP contribution is 2.27. The summed E-state index contributed by atoms with van der Waals surface area (Å²) in [5.41, 5.74) is 0. The standard InChI is InChI=1S/C11H16ClN3O3S2/c1-3-14(5-7-18-4-2)20(16,17)10-9(12)13-11-15(10)6-8-19-11/h6,8H,3-5,7H2,1-2H3. The number of sulfonamides is 1. The number of nitrogens with zero attached hydrogens (tertiary/aromatic N) is 3. The van der Waals surface area contributed by atoms with E-state index in [-0.39, 0.29) is 10.2 Å². The number of imidazole rings is 1. The van der Waals surface area contributed by atoms with Gasteiger partial charge in [-0.2, -0.15) is 4.31 Å². The van der Waals surface area contributed by atoms with Crippen LogP contribution in [0.5, 0.6) is 0 Å². The molecule has 0 aromatic carbocycles. The van der Waals surface area contributed by atoms with Crippen molar-refractivity contribution in [3.63, 3.8) is 0 Å². The van der Waals surface area contributed by atoms with E-state index >= 15 is 0 Å². The lowest BCUT2D eigenvalue weighted by atomic mass is 10.6.